The predicted octanol–water partition coefficient (Wildman–Crippen LogP) is 2.33. The number of hydrogen-bond donors (Lipinski definition) is 1. The van der Waals surface area contributed by atoms with E-state index >= 15 is 0 Å². The zero-order chi connectivity index (χ0) is 13.0. The maximum Gasteiger partial charge on any atom is 0.133 e. The molecular formula is C13H15BrN4. The Balaban J connectivity index is 2.21. The number of anilines is 1. The largest absolute Gasteiger partial charge is 0.355 e. The standard InChI is InChI=1S/C13H15BrN4/c1-18(9-10-3-2-4-16-7-10)13-11(6-15)5-12(14)8-17-13/h2-5,7-8H,6,9,15H2,1H3. The van der Waals surface area contributed by atoms with E-state index in [1.807, 2.05) is 31.4 Å². The molecule has 2 N–H and O–H groups in total. The first-order chi connectivity index (χ1) is 8.70. The number of nitrogens with two attached hydrogens (primary N) is 1. The van der Waals surface area contributed by atoms with Crippen LogP contribution in [0.5, 0.6) is 0 Å². The highest BCUT2D eigenvalue weighted by atomic mass is 79.9. The molecule has 0 aliphatic carbocycles. The van der Waals surface area contributed by atoms with Crippen LogP contribution < -0.4 is 10.6 Å². The van der Waals surface area contributed by atoms with Crippen LogP contribution in [0.4, 0.5) is 5.82 Å². The Kier molecular flexibility index (Phi) is 4.28. The zero-order valence-corrected chi connectivity index (χ0v) is 11.8. The third kappa shape index (κ3) is 3.05. The van der Waals surface area contributed by atoms with Crippen LogP contribution in [0, 0.1) is 0 Å². The minimum absolute atomic E-state index is 0.471. The van der Waals surface area contributed by atoms with Gasteiger partial charge in [-0.25, -0.2) is 4.98 Å². The molecule has 4 nitrogen and oxygen atoms in total. The van der Waals surface area contributed by atoms with Gasteiger partial charge >= 0.3 is 0 Å². The Morgan fingerprint density at radius 2 is 2.22 bits per heavy atom. The van der Waals surface area contributed by atoms with Crippen LogP contribution in [0.15, 0.2) is 41.3 Å². The van der Waals surface area contributed by atoms with Crippen molar-refractivity contribution in [3.8, 4) is 0 Å². The molecular weight excluding hydrogens is 292 g/mol. The first kappa shape index (κ1) is 13.0. The number of hydrogen-bond acceptors (Lipinski definition) is 4. The van der Waals surface area contributed by atoms with Crippen LogP contribution >= 0.6 is 15.9 Å². The van der Waals surface area contributed by atoms with Crippen molar-refractivity contribution >= 4 is 21.7 Å². The summed E-state index contributed by atoms with van der Waals surface area (Å²) < 4.78 is 0.946. The molecule has 5 heteroatoms. The summed E-state index contributed by atoms with van der Waals surface area (Å²) in [6.07, 6.45) is 5.42. The molecule has 0 saturated heterocycles. The van der Waals surface area contributed by atoms with Gasteiger partial charge in [0.05, 0.1) is 0 Å². The van der Waals surface area contributed by atoms with Gasteiger partial charge in [-0.1, -0.05) is 6.07 Å². The molecule has 94 valence electrons. The lowest BCUT2D eigenvalue weighted by Gasteiger charge is -2.20. The number of rotatable bonds is 4. The summed E-state index contributed by atoms with van der Waals surface area (Å²) in [4.78, 5) is 10.6. The second-order valence-electron chi connectivity index (χ2n) is 4.06. The molecule has 0 radical (unpaired) electrons. The van der Waals surface area contributed by atoms with E-state index in [9.17, 15) is 0 Å². The average Bonchev–Trinajstić information content (AvgIpc) is 2.39. The molecule has 0 aliphatic rings. The Morgan fingerprint density at radius 3 is 2.89 bits per heavy atom. The lowest BCUT2D eigenvalue weighted by atomic mass is 10.2. The molecule has 0 aliphatic heterocycles. The molecule has 2 aromatic heterocycles. The van der Waals surface area contributed by atoms with E-state index in [1.165, 1.54) is 0 Å². The highest BCUT2D eigenvalue weighted by molar-refractivity contribution is 9.10. The third-order valence-corrected chi connectivity index (χ3v) is 3.07. The lowest BCUT2D eigenvalue weighted by Crippen LogP contribution is -2.20. The fraction of sp³-hybridized carbons (Fsp3) is 0.231. The molecule has 0 amide bonds. The van der Waals surface area contributed by atoms with Crippen LogP contribution in [0.25, 0.3) is 0 Å². The van der Waals surface area contributed by atoms with Crippen LogP contribution in [0.2, 0.25) is 0 Å². The first-order valence-corrected chi connectivity index (χ1v) is 6.44. The topological polar surface area (TPSA) is 55.0 Å². The molecule has 2 heterocycles. The second-order valence-corrected chi connectivity index (χ2v) is 4.97. The maximum atomic E-state index is 5.75. The van der Waals surface area contributed by atoms with Gasteiger partial charge in [0, 0.05) is 48.8 Å². The summed E-state index contributed by atoms with van der Waals surface area (Å²) >= 11 is 3.41. The van der Waals surface area contributed by atoms with Crippen molar-refractivity contribution in [1.82, 2.24) is 9.97 Å². The van der Waals surface area contributed by atoms with Crippen molar-refractivity contribution in [2.75, 3.05) is 11.9 Å². The van der Waals surface area contributed by atoms with Gasteiger partial charge in [0.1, 0.15) is 5.82 Å². The number of halogens is 1. The fourth-order valence-corrected chi connectivity index (χ4v) is 2.19. The smallest absolute Gasteiger partial charge is 0.133 e. The summed E-state index contributed by atoms with van der Waals surface area (Å²) in [5, 5.41) is 0. The van der Waals surface area contributed by atoms with Crippen molar-refractivity contribution in [3.63, 3.8) is 0 Å². The molecule has 0 fully saturated rings. The zero-order valence-electron chi connectivity index (χ0n) is 10.2. The summed E-state index contributed by atoms with van der Waals surface area (Å²) in [6.45, 7) is 1.23. The van der Waals surface area contributed by atoms with Crippen molar-refractivity contribution in [1.29, 1.82) is 0 Å². The van der Waals surface area contributed by atoms with E-state index < -0.39 is 0 Å². The minimum atomic E-state index is 0.471. The molecule has 2 rings (SSSR count). The van der Waals surface area contributed by atoms with E-state index in [-0.39, 0.29) is 0 Å². The van der Waals surface area contributed by atoms with Crippen LogP contribution in [0.3, 0.4) is 0 Å². The van der Waals surface area contributed by atoms with Gasteiger partial charge < -0.3 is 10.6 Å². The molecule has 0 saturated carbocycles. The molecule has 0 atom stereocenters. The summed E-state index contributed by atoms with van der Waals surface area (Å²) in [7, 11) is 2.00. The van der Waals surface area contributed by atoms with Gasteiger partial charge in [0.15, 0.2) is 0 Å². The van der Waals surface area contributed by atoms with Gasteiger partial charge in [-0.3, -0.25) is 4.98 Å². The fourth-order valence-electron chi connectivity index (χ4n) is 1.81. The highest BCUT2D eigenvalue weighted by Gasteiger charge is 2.09. The predicted molar refractivity (Wildman–Crippen MR) is 76.2 cm³/mol. The number of pyridine rings is 2. The summed E-state index contributed by atoms with van der Waals surface area (Å²) in [6, 6.07) is 5.98. The quantitative estimate of drug-likeness (QED) is 0.942. The van der Waals surface area contributed by atoms with E-state index in [2.05, 4.69) is 30.8 Å². The molecule has 2 aromatic rings. The van der Waals surface area contributed by atoms with Gasteiger partial charge in [-0.05, 0) is 33.6 Å². The summed E-state index contributed by atoms with van der Waals surface area (Å²) in [5.74, 6) is 0.907. The second kappa shape index (κ2) is 5.93. The normalized spacial score (nSPS) is 10.4. The van der Waals surface area contributed by atoms with Gasteiger partial charge in [0.25, 0.3) is 0 Å². The van der Waals surface area contributed by atoms with Crippen LogP contribution in [-0.4, -0.2) is 17.0 Å². The number of aromatic nitrogens is 2. The summed E-state index contributed by atoms with van der Waals surface area (Å²) in [5.41, 5.74) is 7.92. The minimum Gasteiger partial charge on any atom is -0.355 e. The monoisotopic (exact) mass is 306 g/mol. The Labute approximate surface area is 115 Å². The third-order valence-electron chi connectivity index (χ3n) is 2.63. The van der Waals surface area contributed by atoms with E-state index in [4.69, 9.17) is 5.73 Å². The Morgan fingerprint density at radius 1 is 1.39 bits per heavy atom. The van der Waals surface area contributed by atoms with E-state index in [1.54, 1.807) is 12.4 Å². The van der Waals surface area contributed by atoms with Gasteiger partial charge in [0.2, 0.25) is 0 Å². The Hall–Kier alpha value is -1.46. The first-order valence-electron chi connectivity index (χ1n) is 5.65. The molecule has 0 unspecified atom stereocenters. The van der Waals surface area contributed by atoms with Crippen molar-refractivity contribution in [2.45, 2.75) is 13.1 Å². The SMILES string of the molecule is CN(Cc1cccnc1)c1ncc(Br)cc1CN. The van der Waals surface area contributed by atoms with E-state index in [0.29, 0.717) is 6.54 Å². The number of nitrogens with zero attached hydrogens (tertiary/aromatic N) is 3. The molecule has 0 spiro atoms. The lowest BCUT2D eigenvalue weighted by molar-refractivity contribution is 0.870. The van der Waals surface area contributed by atoms with Crippen molar-refractivity contribution < 1.29 is 0 Å². The van der Waals surface area contributed by atoms with Crippen LogP contribution in [-0.2, 0) is 13.1 Å². The van der Waals surface area contributed by atoms with Crippen molar-refractivity contribution in [2.24, 2.45) is 5.73 Å². The average molecular weight is 307 g/mol. The molecule has 18 heavy (non-hydrogen) atoms. The maximum absolute atomic E-state index is 5.75. The highest BCUT2D eigenvalue weighted by Crippen LogP contribution is 2.21. The molecule has 0 aromatic carbocycles. The molecule has 0 bridgehead atoms. The Bertz CT molecular complexity index is 516. The van der Waals surface area contributed by atoms with Gasteiger partial charge in [-0.15, -0.1) is 0 Å². The van der Waals surface area contributed by atoms with Crippen LogP contribution in [0.1, 0.15) is 11.1 Å². The van der Waals surface area contributed by atoms with Gasteiger partial charge in [-0.2, -0.15) is 0 Å². The van der Waals surface area contributed by atoms with E-state index in [0.717, 1.165) is 28.0 Å². The van der Waals surface area contributed by atoms with Crippen molar-refractivity contribution in [3.05, 3.63) is 52.4 Å².